The third-order valence-electron chi connectivity index (χ3n) is 2.62. The first-order chi connectivity index (χ1) is 8.07. The Bertz CT molecular complexity index is 289. The standard InChI is InChI=1S/C11H24ClN2O3P/c1-10(2)14(11(3)4)7-9-18(12,15,16)17-8-5-6-13/h10-11,15-16H,5,7-9H2,1-4H3. The maximum atomic E-state index is 9.91. The molecule has 0 aliphatic heterocycles. The Morgan fingerprint density at radius 3 is 2.17 bits per heavy atom. The molecular formula is C11H24ClN2O3P. The van der Waals surface area contributed by atoms with Gasteiger partial charge in [0.2, 0.25) is 0 Å². The Kier molecular flexibility index (Phi) is 7.02. The van der Waals surface area contributed by atoms with Gasteiger partial charge in [0.1, 0.15) is 0 Å². The van der Waals surface area contributed by atoms with Crippen LogP contribution >= 0.6 is 17.9 Å². The average Bonchev–Trinajstić information content (AvgIpc) is 2.15. The fourth-order valence-electron chi connectivity index (χ4n) is 1.73. The van der Waals surface area contributed by atoms with Gasteiger partial charge in [0, 0.05) is 0 Å². The van der Waals surface area contributed by atoms with Crippen LogP contribution < -0.4 is 0 Å². The molecule has 0 saturated carbocycles. The van der Waals surface area contributed by atoms with Gasteiger partial charge in [0.15, 0.2) is 0 Å². The van der Waals surface area contributed by atoms with Crippen molar-refractivity contribution in [3.05, 3.63) is 0 Å². The van der Waals surface area contributed by atoms with Gasteiger partial charge in [-0.15, -0.1) is 0 Å². The average molecular weight is 299 g/mol. The van der Waals surface area contributed by atoms with Crippen molar-refractivity contribution < 1.29 is 14.3 Å². The molecule has 0 radical (unpaired) electrons. The number of hydrogen-bond acceptors (Lipinski definition) is 5. The second kappa shape index (κ2) is 7.00. The van der Waals surface area contributed by atoms with Crippen LogP contribution in [-0.4, -0.2) is 46.1 Å². The van der Waals surface area contributed by atoms with Gasteiger partial charge < -0.3 is 0 Å². The van der Waals surface area contributed by atoms with E-state index in [1.807, 2.05) is 33.8 Å². The molecule has 0 atom stereocenters. The van der Waals surface area contributed by atoms with Crippen LogP contribution in [0.3, 0.4) is 0 Å². The van der Waals surface area contributed by atoms with E-state index >= 15 is 0 Å². The molecule has 0 aromatic rings. The predicted octanol–water partition coefficient (Wildman–Crippen LogP) is 2.47. The van der Waals surface area contributed by atoms with Gasteiger partial charge in [-0.3, -0.25) is 0 Å². The Hall–Kier alpha value is 0.0500. The van der Waals surface area contributed by atoms with Gasteiger partial charge in [-0.05, 0) is 0 Å². The first-order valence-electron chi connectivity index (χ1n) is 6.08. The molecule has 0 amide bonds. The zero-order chi connectivity index (χ0) is 14.4. The summed E-state index contributed by atoms with van der Waals surface area (Å²) in [7, 11) is 0. The van der Waals surface area contributed by atoms with Crippen molar-refractivity contribution in [3.8, 4) is 6.07 Å². The topological polar surface area (TPSA) is 76.7 Å². The van der Waals surface area contributed by atoms with E-state index in [2.05, 4.69) is 4.90 Å². The normalized spacial score (nSPS) is 14.8. The van der Waals surface area contributed by atoms with Gasteiger partial charge >= 0.3 is 114 Å². The summed E-state index contributed by atoms with van der Waals surface area (Å²) < 4.78 is 4.93. The Morgan fingerprint density at radius 1 is 1.28 bits per heavy atom. The number of hydrogen-bond donors (Lipinski definition) is 2. The molecule has 0 fully saturated rings. The summed E-state index contributed by atoms with van der Waals surface area (Å²) in [4.78, 5) is 21.9. The number of rotatable bonds is 8. The van der Waals surface area contributed by atoms with Gasteiger partial charge in [0.05, 0.1) is 0 Å². The molecule has 0 aromatic carbocycles. The molecule has 0 spiro atoms. The minimum atomic E-state index is -4.58. The third kappa shape index (κ3) is 7.48. The second-order valence-corrected chi connectivity index (χ2v) is 9.65. The van der Waals surface area contributed by atoms with E-state index in [4.69, 9.17) is 21.0 Å². The summed E-state index contributed by atoms with van der Waals surface area (Å²) in [5.41, 5.74) is 0. The van der Waals surface area contributed by atoms with E-state index in [9.17, 15) is 9.79 Å². The molecule has 0 bridgehead atoms. The number of nitriles is 1. The Balaban J connectivity index is 4.42. The van der Waals surface area contributed by atoms with Gasteiger partial charge in [0.25, 0.3) is 0 Å². The summed E-state index contributed by atoms with van der Waals surface area (Å²) in [6, 6.07) is 2.43. The zero-order valence-electron chi connectivity index (χ0n) is 11.5. The molecule has 0 saturated heterocycles. The predicted molar refractivity (Wildman–Crippen MR) is 75.2 cm³/mol. The van der Waals surface area contributed by atoms with Crippen molar-refractivity contribution in [1.82, 2.24) is 4.90 Å². The van der Waals surface area contributed by atoms with E-state index < -0.39 is 6.64 Å². The fourth-order valence-corrected chi connectivity index (χ4v) is 3.32. The molecule has 0 heterocycles. The quantitative estimate of drug-likeness (QED) is 0.532. The first-order valence-corrected chi connectivity index (χ1v) is 9.23. The monoisotopic (exact) mass is 298 g/mol. The summed E-state index contributed by atoms with van der Waals surface area (Å²) in [5.74, 6) is 0. The van der Waals surface area contributed by atoms with Crippen molar-refractivity contribution in [2.24, 2.45) is 0 Å². The van der Waals surface area contributed by atoms with Crippen molar-refractivity contribution >= 4 is 17.9 Å². The molecule has 18 heavy (non-hydrogen) atoms. The maximum absolute atomic E-state index is 9.91. The van der Waals surface area contributed by atoms with Gasteiger partial charge in [-0.2, -0.15) is 0 Å². The van der Waals surface area contributed by atoms with Crippen LogP contribution in [0, 0.1) is 11.3 Å². The van der Waals surface area contributed by atoms with E-state index in [0.29, 0.717) is 6.54 Å². The van der Waals surface area contributed by atoms with E-state index in [-0.39, 0.29) is 31.3 Å². The minimum absolute atomic E-state index is 0.0328. The molecule has 0 aliphatic rings. The molecule has 2 N–H and O–H groups in total. The second-order valence-electron chi connectivity index (χ2n) is 4.89. The molecule has 7 heteroatoms. The SMILES string of the molecule is CC(C)N(CCP(O)(O)(Cl)OCCC#N)C(C)C. The Morgan fingerprint density at radius 2 is 1.78 bits per heavy atom. The number of nitrogens with zero attached hydrogens (tertiary/aromatic N) is 2. The van der Waals surface area contributed by atoms with Crippen molar-refractivity contribution in [2.45, 2.75) is 46.2 Å². The molecule has 0 aromatic heterocycles. The van der Waals surface area contributed by atoms with E-state index in [1.165, 1.54) is 0 Å². The summed E-state index contributed by atoms with van der Waals surface area (Å²) >= 11 is 5.76. The molecular weight excluding hydrogens is 275 g/mol. The van der Waals surface area contributed by atoms with Crippen LogP contribution in [0.4, 0.5) is 0 Å². The first kappa shape index (κ1) is 18.0. The van der Waals surface area contributed by atoms with Crippen LogP contribution in [0.2, 0.25) is 0 Å². The Labute approximate surface area is 114 Å². The molecule has 5 nitrogen and oxygen atoms in total. The number of halogens is 1. The van der Waals surface area contributed by atoms with Crippen molar-refractivity contribution in [1.29, 1.82) is 5.26 Å². The van der Waals surface area contributed by atoms with E-state index in [1.54, 1.807) is 0 Å². The molecule has 0 aliphatic carbocycles. The van der Waals surface area contributed by atoms with Crippen LogP contribution in [-0.2, 0) is 4.52 Å². The fraction of sp³-hybridized carbons (Fsp3) is 0.909. The summed E-state index contributed by atoms with van der Waals surface area (Å²) in [6.07, 6.45) is 0.0543. The summed E-state index contributed by atoms with van der Waals surface area (Å²) in [5, 5.41) is 8.38. The summed E-state index contributed by atoms with van der Waals surface area (Å²) in [6.45, 7) is 3.94. The van der Waals surface area contributed by atoms with Gasteiger partial charge in [-0.1, -0.05) is 0 Å². The molecule has 0 unspecified atom stereocenters. The van der Waals surface area contributed by atoms with Crippen molar-refractivity contribution in [2.75, 3.05) is 19.3 Å². The van der Waals surface area contributed by atoms with Crippen molar-refractivity contribution in [3.63, 3.8) is 0 Å². The van der Waals surface area contributed by atoms with Crippen LogP contribution in [0.15, 0.2) is 0 Å². The molecule has 0 rings (SSSR count). The van der Waals surface area contributed by atoms with E-state index in [0.717, 1.165) is 0 Å². The zero-order valence-corrected chi connectivity index (χ0v) is 13.2. The van der Waals surface area contributed by atoms with Crippen LogP contribution in [0.1, 0.15) is 34.1 Å². The van der Waals surface area contributed by atoms with Gasteiger partial charge in [-0.25, -0.2) is 0 Å². The van der Waals surface area contributed by atoms with Crippen LogP contribution in [0.5, 0.6) is 0 Å². The molecule has 108 valence electrons. The van der Waals surface area contributed by atoms with Crippen LogP contribution in [0.25, 0.3) is 0 Å². The third-order valence-corrected chi connectivity index (χ3v) is 5.07.